The first-order valence-corrected chi connectivity index (χ1v) is 8.32. The number of aromatic amines is 1. The molecule has 1 aliphatic heterocycles. The van der Waals surface area contributed by atoms with Crippen LogP contribution in [0.3, 0.4) is 0 Å². The highest BCUT2D eigenvalue weighted by molar-refractivity contribution is 5.72. The molecule has 1 aromatic carbocycles. The fourth-order valence-corrected chi connectivity index (χ4v) is 2.84. The Hall–Kier alpha value is -2.51. The average molecular weight is 342 g/mol. The van der Waals surface area contributed by atoms with E-state index in [9.17, 15) is 9.59 Å². The van der Waals surface area contributed by atoms with Crippen LogP contribution in [-0.4, -0.2) is 40.5 Å². The van der Waals surface area contributed by atoms with E-state index < -0.39 is 0 Å². The normalized spacial score (nSPS) is 18.0. The Labute approximate surface area is 146 Å². The number of aromatic nitrogens is 2. The van der Waals surface area contributed by atoms with Gasteiger partial charge in [0.2, 0.25) is 5.91 Å². The van der Waals surface area contributed by atoms with Gasteiger partial charge in [0.1, 0.15) is 11.9 Å². The summed E-state index contributed by atoms with van der Waals surface area (Å²) in [6.45, 7) is 4.56. The Morgan fingerprint density at radius 1 is 1.40 bits per heavy atom. The minimum Gasteiger partial charge on any atom is -0.368 e. The molecule has 2 N–H and O–H groups in total. The summed E-state index contributed by atoms with van der Waals surface area (Å²) in [6.07, 6.45) is -0.289. The van der Waals surface area contributed by atoms with Gasteiger partial charge in [0.15, 0.2) is 0 Å². The highest BCUT2D eigenvalue weighted by Crippen LogP contribution is 2.20. The maximum absolute atomic E-state index is 11.9. The molecule has 0 radical (unpaired) electrons. The van der Waals surface area contributed by atoms with Crippen LogP contribution in [0.25, 0.3) is 0 Å². The lowest BCUT2D eigenvalue weighted by Crippen LogP contribution is -2.39. The Morgan fingerprint density at radius 3 is 2.96 bits per heavy atom. The summed E-state index contributed by atoms with van der Waals surface area (Å²) in [5.41, 5.74) is 1.52. The fourth-order valence-electron chi connectivity index (χ4n) is 2.84. The molecule has 0 aliphatic carbocycles. The Kier molecular flexibility index (Phi) is 5.57. The van der Waals surface area contributed by atoms with Gasteiger partial charge in [0.05, 0.1) is 18.8 Å². The molecule has 0 unspecified atom stereocenters. The van der Waals surface area contributed by atoms with Gasteiger partial charge in [-0.25, -0.2) is 4.98 Å². The van der Waals surface area contributed by atoms with Crippen molar-refractivity contribution in [3.05, 3.63) is 63.8 Å². The van der Waals surface area contributed by atoms with Crippen molar-refractivity contribution in [2.75, 3.05) is 19.7 Å². The molecule has 3 rings (SSSR count). The molecule has 2 heterocycles. The molecule has 1 aliphatic rings. The maximum atomic E-state index is 11.9. The lowest BCUT2D eigenvalue weighted by Gasteiger charge is -2.32. The molecule has 7 nitrogen and oxygen atoms in total. The summed E-state index contributed by atoms with van der Waals surface area (Å²) in [5, 5.41) is 2.66. The first-order valence-electron chi connectivity index (χ1n) is 8.32. The summed E-state index contributed by atoms with van der Waals surface area (Å²) in [5.74, 6) is 0.345. The lowest BCUT2D eigenvalue weighted by atomic mass is 10.2. The van der Waals surface area contributed by atoms with Crippen LogP contribution in [0.1, 0.15) is 30.1 Å². The number of carbonyl (C=O) groups excluding carboxylic acids is 1. The molecule has 132 valence electrons. The van der Waals surface area contributed by atoms with E-state index in [1.54, 1.807) is 0 Å². The SMILES string of the molecule is CC(=O)NCc1cc(=O)[nH]c([C@H]2CN(Cc3ccccc3)CCO2)n1. The van der Waals surface area contributed by atoms with E-state index in [0.717, 1.165) is 13.1 Å². The smallest absolute Gasteiger partial charge is 0.251 e. The summed E-state index contributed by atoms with van der Waals surface area (Å²) < 4.78 is 5.81. The number of amides is 1. The van der Waals surface area contributed by atoms with Crippen LogP contribution < -0.4 is 10.9 Å². The average Bonchev–Trinajstić information content (AvgIpc) is 2.61. The highest BCUT2D eigenvalue weighted by Gasteiger charge is 2.24. The third-order valence-electron chi connectivity index (χ3n) is 4.04. The van der Waals surface area contributed by atoms with E-state index in [4.69, 9.17) is 4.74 Å². The quantitative estimate of drug-likeness (QED) is 0.846. The van der Waals surface area contributed by atoms with E-state index in [2.05, 4.69) is 32.3 Å². The monoisotopic (exact) mass is 342 g/mol. The molecule has 0 saturated carbocycles. The van der Waals surface area contributed by atoms with Gasteiger partial charge in [-0.05, 0) is 5.56 Å². The van der Waals surface area contributed by atoms with Crippen molar-refractivity contribution >= 4 is 5.91 Å². The Balaban J connectivity index is 1.70. The van der Waals surface area contributed by atoms with Crippen LogP contribution in [0.5, 0.6) is 0 Å². The van der Waals surface area contributed by atoms with Crippen molar-refractivity contribution in [2.45, 2.75) is 26.1 Å². The van der Waals surface area contributed by atoms with E-state index in [1.165, 1.54) is 18.6 Å². The van der Waals surface area contributed by atoms with Gasteiger partial charge in [-0.15, -0.1) is 0 Å². The van der Waals surface area contributed by atoms with Crippen LogP contribution in [-0.2, 0) is 22.6 Å². The van der Waals surface area contributed by atoms with E-state index in [1.807, 2.05) is 18.2 Å². The number of morpholine rings is 1. The number of hydrogen-bond donors (Lipinski definition) is 2. The number of carbonyl (C=O) groups is 1. The van der Waals surface area contributed by atoms with Gasteiger partial charge in [0.25, 0.3) is 5.56 Å². The molecule has 1 atom stereocenters. The molecule has 0 spiro atoms. The zero-order chi connectivity index (χ0) is 17.6. The second-order valence-electron chi connectivity index (χ2n) is 6.11. The number of H-pyrrole nitrogens is 1. The summed E-state index contributed by atoms with van der Waals surface area (Å²) in [4.78, 5) is 32.4. The zero-order valence-corrected chi connectivity index (χ0v) is 14.2. The lowest BCUT2D eigenvalue weighted by molar-refractivity contribution is -0.119. The minimum absolute atomic E-state index is 0.161. The van der Waals surface area contributed by atoms with Gasteiger partial charge in [-0.2, -0.15) is 0 Å². The highest BCUT2D eigenvalue weighted by atomic mass is 16.5. The topological polar surface area (TPSA) is 87.3 Å². The van der Waals surface area contributed by atoms with Crippen molar-refractivity contribution in [2.24, 2.45) is 0 Å². The molecule has 7 heteroatoms. The predicted octanol–water partition coefficient (Wildman–Crippen LogP) is 0.979. The molecule has 2 aromatic rings. The zero-order valence-electron chi connectivity index (χ0n) is 14.2. The summed E-state index contributed by atoms with van der Waals surface area (Å²) >= 11 is 0. The van der Waals surface area contributed by atoms with Crippen LogP contribution in [0, 0.1) is 0 Å². The van der Waals surface area contributed by atoms with Crippen molar-refractivity contribution in [1.82, 2.24) is 20.2 Å². The number of hydrogen-bond acceptors (Lipinski definition) is 5. The second-order valence-corrected chi connectivity index (χ2v) is 6.11. The summed E-state index contributed by atoms with van der Waals surface area (Å²) in [6, 6.07) is 11.6. The molecule has 1 fully saturated rings. The number of rotatable bonds is 5. The minimum atomic E-state index is -0.289. The standard InChI is InChI=1S/C18H22N4O3/c1-13(23)19-10-15-9-17(24)21-18(20-15)16-12-22(7-8-25-16)11-14-5-3-2-4-6-14/h2-6,9,16H,7-8,10-12H2,1H3,(H,19,23)(H,20,21,24)/t16-/m1/s1. The van der Waals surface area contributed by atoms with Gasteiger partial charge in [-0.1, -0.05) is 30.3 Å². The number of nitrogens with zero attached hydrogens (tertiary/aromatic N) is 2. The Bertz CT molecular complexity index is 775. The molecule has 1 amide bonds. The molecular formula is C18H22N4O3. The van der Waals surface area contributed by atoms with Gasteiger partial charge >= 0.3 is 0 Å². The number of ether oxygens (including phenoxy) is 1. The second kappa shape index (κ2) is 8.04. The largest absolute Gasteiger partial charge is 0.368 e. The first-order chi connectivity index (χ1) is 12.1. The van der Waals surface area contributed by atoms with Crippen LogP contribution in [0.15, 0.2) is 41.2 Å². The third-order valence-corrected chi connectivity index (χ3v) is 4.04. The van der Waals surface area contributed by atoms with Crippen molar-refractivity contribution in [1.29, 1.82) is 0 Å². The molecule has 1 aromatic heterocycles. The number of benzene rings is 1. The van der Waals surface area contributed by atoms with Crippen molar-refractivity contribution in [3.8, 4) is 0 Å². The van der Waals surface area contributed by atoms with Gasteiger partial charge in [0, 0.05) is 32.6 Å². The predicted molar refractivity (Wildman–Crippen MR) is 92.8 cm³/mol. The Morgan fingerprint density at radius 2 is 2.20 bits per heavy atom. The van der Waals surface area contributed by atoms with E-state index in [-0.39, 0.29) is 24.1 Å². The molecule has 0 bridgehead atoms. The fraction of sp³-hybridized carbons (Fsp3) is 0.389. The molecular weight excluding hydrogens is 320 g/mol. The van der Waals surface area contributed by atoms with Gasteiger partial charge in [-0.3, -0.25) is 14.5 Å². The van der Waals surface area contributed by atoms with Gasteiger partial charge < -0.3 is 15.0 Å². The van der Waals surface area contributed by atoms with Crippen molar-refractivity contribution < 1.29 is 9.53 Å². The van der Waals surface area contributed by atoms with E-state index >= 15 is 0 Å². The molecule has 25 heavy (non-hydrogen) atoms. The molecule has 1 saturated heterocycles. The van der Waals surface area contributed by atoms with Crippen LogP contribution >= 0.6 is 0 Å². The first kappa shape index (κ1) is 17.3. The third kappa shape index (κ3) is 4.98. The van der Waals surface area contributed by atoms with Crippen molar-refractivity contribution in [3.63, 3.8) is 0 Å². The maximum Gasteiger partial charge on any atom is 0.251 e. The summed E-state index contributed by atoms with van der Waals surface area (Å²) in [7, 11) is 0. The van der Waals surface area contributed by atoms with Crippen LogP contribution in [0.4, 0.5) is 0 Å². The number of nitrogens with one attached hydrogen (secondary N) is 2. The van der Waals surface area contributed by atoms with Crippen LogP contribution in [0.2, 0.25) is 0 Å². The van der Waals surface area contributed by atoms with E-state index in [0.29, 0.717) is 24.7 Å².